The number of aromatic nitrogens is 4. The molecule has 0 saturated carbocycles. The summed E-state index contributed by atoms with van der Waals surface area (Å²) < 4.78 is 4.34. The molecular formula is C17H21N5O2S. The number of nitrogens with zero attached hydrogens (tertiary/aromatic N) is 5. The van der Waals surface area contributed by atoms with Crippen LogP contribution in [0, 0.1) is 0 Å². The van der Waals surface area contributed by atoms with Crippen molar-refractivity contribution < 1.29 is 5.11 Å². The molecule has 132 valence electrons. The summed E-state index contributed by atoms with van der Waals surface area (Å²) in [6.45, 7) is 0.715. The van der Waals surface area contributed by atoms with Gasteiger partial charge in [0.2, 0.25) is 5.78 Å². The zero-order chi connectivity index (χ0) is 17.1. The van der Waals surface area contributed by atoms with Crippen molar-refractivity contribution in [2.45, 2.75) is 56.8 Å². The molecule has 0 spiro atoms. The van der Waals surface area contributed by atoms with Crippen LogP contribution in [0.1, 0.15) is 37.9 Å². The lowest BCUT2D eigenvalue weighted by Gasteiger charge is -2.47. The minimum absolute atomic E-state index is 0.0191. The van der Waals surface area contributed by atoms with Crippen molar-refractivity contribution in [2.24, 2.45) is 7.05 Å². The second-order valence-electron chi connectivity index (χ2n) is 7.29. The van der Waals surface area contributed by atoms with E-state index in [1.165, 1.54) is 17.8 Å². The Morgan fingerprint density at radius 3 is 2.80 bits per heavy atom. The SMILES string of the molecule is Cn1c(=O)c2sccc2n2c(CN3C4CCCC3CC(O)C4)nnc12. The fourth-order valence-electron chi connectivity index (χ4n) is 4.63. The van der Waals surface area contributed by atoms with Gasteiger partial charge in [0.25, 0.3) is 5.56 Å². The molecule has 2 atom stereocenters. The Morgan fingerprint density at radius 2 is 2.04 bits per heavy atom. The maximum Gasteiger partial charge on any atom is 0.272 e. The fourth-order valence-corrected chi connectivity index (χ4v) is 5.48. The maximum atomic E-state index is 12.5. The van der Waals surface area contributed by atoms with Gasteiger partial charge in [-0.3, -0.25) is 18.7 Å². The van der Waals surface area contributed by atoms with Crippen molar-refractivity contribution in [3.63, 3.8) is 0 Å². The molecule has 2 aliphatic heterocycles. The summed E-state index contributed by atoms with van der Waals surface area (Å²) in [4.78, 5) is 14.9. The zero-order valence-electron chi connectivity index (χ0n) is 14.1. The number of thiophene rings is 1. The molecule has 0 aliphatic carbocycles. The molecule has 8 heteroatoms. The number of hydrogen-bond donors (Lipinski definition) is 1. The molecule has 5 heterocycles. The van der Waals surface area contributed by atoms with Crippen LogP contribution in [0.4, 0.5) is 0 Å². The number of aliphatic hydroxyl groups is 1. The van der Waals surface area contributed by atoms with Gasteiger partial charge >= 0.3 is 0 Å². The Bertz CT molecular complexity index is 992. The third kappa shape index (κ3) is 2.28. The molecule has 0 aromatic carbocycles. The molecule has 3 aromatic rings. The number of fused-ring (bicyclic) bond motifs is 5. The normalized spacial score (nSPS) is 27.4. The summed E-state index contributed by atoms with van der Waals surface area (Å²) in [5, 5.41) is 20.8. The summed E-state index contributed by atoms with van der Waals surface area (Å²) in [6, 6.07) is 2.81. The number of aryl methyl sites for hydroxylation is 1. The monoisotopic (exact) mass is 359 g/mol. The van der Waals surface area contributed by atoms with Gasteiger partial charge in [0.05, 0.1) is 18.2 Å². The van der Waals surface area contributed by atoms with Gasteiger partial charge in [-0.2, -0.15) is 0 Å². The van der Waals surface area contributed by atoms with E-state index >= 15 is 0 Å². The average Bonchev–Trinajstić information content (AvgIpc) is 3.20. The minimum Gasteiger partial charge on any atom is -0.393 e. The van der Waals surface area contributed by atoms with Gasteiger partial charge in [-0.25, -0.2) is 0 Å². The third-order valence-corrected chi connectivity index (χ3v) is 6.71. The lowest BCUT2D eigenvalue weighted by molar-refractivity contribution is -0.0326. The van der Waals surface area contributed by atoms with Crippen molar-refractivity contribution in [2.75, 3.05) is 0 Å². The topological polar surface area (TPSA) is 75.7 Å². The lowest BCUT2D eigenvalue weighted by atomic mass is 9.83. The lowest BCUT2D eigenvalue weighted by Crippen LogP contribution is -2.53. The molecule has 1 N–H and O–H groups in total. The highest BCUT2D eigenvalue weighted by atomic mass is 32.1. The molecule has 0 amide bonds. The quantitative estimate of drug-likeness (QED) is 0.751. The molecule has 5 rings (SSSR count). The van der Waals surface area contributed by atoms with Crippen LogP contribution < -0.4 is 5.56 Å². The minimum atomic E-state index is -0.175. The summed E-state index contributed by atoms with van der Waals surface area (Å²) in [6.07, 6.45) is 5.03. The van der Waals surface area contributed by atoms with E-state index in [1.807, 2.05) is 15.8 Å². The van der Waals surface area contributed by atoms with E-state index in [2.05, 4.69) is 15.1 Å². The van der Waals surface area contributed by atoms with E-state index in [-0.39, 0.29) is 11.7 Å². The first-order chi connectivity index (χ1) is 12.1. The molecular weight excluding hydrogens is 338 g/mol. The van der Waals surface area contributed by atoms with Gasteiger partial charge in [-0.05, 0) is 37.1 Å². The summed E-state index contributed by atoms with van der Waals surface area (Å²) >= 11 is 1.46. The van der Waals surface area contributed by atoms with Crippen LogP contribution in [0.5, 0.6) is 0 Å². The standard InChI is InChI=1S/C17H21N5O2S/c1-20-16(24)15-13(5-6-25-15)22-14(18-19-17(20)22)9-21-10-3-2-4-11(21)8-12(23)7-10/h5-6,10-12,23H,2-4,7-9H2,1H3. The van der Waals surface area contributed by atoms with Gasteiger partial charge in [0.1, 0.15) is 4.70 Å². The summed E-state index contributed by atoms with van der Waals surface area (Å²) in [5.41, 5.74) is 0.875. The number of aliphatic hydroxyl groups excluding tert-OH is 1. The second kappa shape index (κ2) is 5.62. The molecule has 0 radical (unpaired) electrons. The third-order valence-electron chi connectivity index (χ3n) is 5.82. The number of rotatable bonds is 2. The smallest absolute Gasteiger partial charge is 0.272 e. The first-order valence-electron chi connectivity index (χ1n) is 8.87. The molecule has 3 aromatic heterocycles. The fraction of sp³-hybridized carbons (Fsp3) is 0.588. The number of piperidine rings is 2. The Morgan fingerprint density at radius 1 is 1.28 bits per heavy atom. The van der Waals surface area contributed by atoms with E-state index < -0.39 is 0 Å². The van der Waals surface area contributed by atoms with Gasteiger partial charge in [0, 0.05) is 19.1 Å². The van der Waals surface area contributed by atoms with Gasteiger partial charge in [0.15, 0.2) is 5.82 Å². The molecule has 2 aliphatic rings. The molecule has 7 nitrogen and oxygen atoms in total. The average molecular weight is 359 g/mol. The predicted octanol–water partition coefficient (Wildman–Crippen LogP) is 1.52. The first kappa shape index (κ1) is 15.5. The highest BCUT2D eigenvalue weighted by molar-refractivity contribution is 7.17. The predicted molar refractivity (Wildman–Crippen MR) is 95.8 cm³/mol. The van der Waals surface area contributed by atoms with E-state index in [9.17, 15) is 9.90 Å². The molecule has 25 heavy (non-hydrogen) atoms. The zero-order valence-corrected chi connectivity index (χ0v) is 14.9. The van der Waals surface area contributed by atoms with Crippen LogP contribution in [0.15, 0.2) is 16.2 Å². The largest absolute Gasteiger partial charge is 0.393 e. The van der Waals surface area contributed by atoms with Crippen molar-refractivity contribution in [1.29, 1.82) is 0 Å². The molecule has 2 bridgehead atoms. The van der Waals surface area contributed by atoms with Crippen LogP contribution in [-0.4, -0.2) is 47.4 Å². The van der Waals surface area contributed by atoms with Crippen LogP contribution in [0.3, 0.4) is 0 Å². The van der Waals surface area contributed by atoms with E-state index in [1.54, 1.807) is 11.6 Å². The van der Waals surface area contributed by atoms with Crippen molar-refractivity contribution >= 4 is 27.3 Å². The molecule has 2 saturated heterocycles. The number of hydrogen-bond acceptors (Lipinski definition) is 6. The van der Waals surface area contributed by atoms with E-state index in [4.69, 9.17) is 0 Å². The van der Waals surface area contributed by atoms with Crippen molar-refractivity contribution in [1.82, 2.24) is 24.1 Å². The first-order valence-corrected chi connectivity index (χ1v) is 9.75. The van der Waals surface area contributed by atoms with Crippen LogP contribution in [0.25, 0.3) is 16.0 Å². The van der Waals surface area contributed by atoms with E-state index in [0.717, 1.165) is 41.7 Å². The Balaban J connectivity index is 1.61. The summed E-state index contributed by atoms with van der Waals surface area (Å²) in [5.74, 6) is 1.47. The Labute approximate surface area is 148 Å². The Kier molecular flexibility index (Phi) is 3.48. The Hall–Kier alpha value is -1.77. The van der Waals surface area contributed by atoms with Gasteiger partial charge in [-0.1, -0.05) is 6.42 Å². The maximum absolute atomic E-state index is 12.5. The highest BCUT2D eigenvalue weighted by Gasteiger charge is 2.38. The van der Waals surface area contributed by atoms with Crippen molar-refractivity contribution in [3.8, 4) is 0 Å². The summed E-state index contributed by atoms with van der Waals surface area (Å²) in [7, 11) is 1.75. The molecule has 2 unspecified atom stereocenters. The van der Waals surface area contributed by atoms with Gasteiger partial charge < -0.3 is 5.11 Å². The van der Waals surface area contributed by atoms with Crippen LogP contribution in [0.2, 0.25) is 0 Å². The van der Waals surface area contributed by atoms with Crippen LogP contribution in [-0.2, 0) is 13.6 Å². The molecule has 2 fully saturated rings. The van der Waals surface area contributed by atoms with Gasteiger partial charge in [-0.15, -0.1) is 21.5 Å². The van der Waals surface area contributed by atoms with Crippen LogP contribution >= 0.6 is 11.3 Å². The highest BCUT2D eigenvalue weighted by Crippen LogP contribution is 2.35. The van der Waals surface area contributed by atoms with Crippen molar-refractivity contribution in [3.05, 3.63) is 27.6 Å². The van der Waals surface area contributed by atoms with E-state index in [0.29, 0.717) is 24.4 Å². The second-order valence-corrected chi connectivity index (χ2v) is 8.20.